The maximum absolute atomic E-state index is 11.9. The average Bonchev–Trinajstić information content (AvgIpc) is 2.94. The Hall–Kier alpha value is -1.83. The van der Waals surface area contributed by atoms with E-state index in [2.05, 4.69) is 0 Å². The van der Waals surface area contributed by atoms with Gasteiger partial charge < -0.3 is 24.1 Å². The fourth-order valence-corrected chi connectivity index (χ4v) is 2.29. The largest absolute Gasteiger partial charge is 0.486 e. The van der Waals surface area contributed by atoms with Crippen molar-refractivity contribution in [1.82, 2.24) is 0 Å². The number of para-hydroxylation sites is 2. The molecule has 1 aliphatic heterocycles. The van der Waals surface area contributed by atoms with Gasteiger partial charge >= 0.3 is 6.09 Å². The van der Waals surface area contributed by atoms with Crippen molar-refractivity contribution in [1.29, 1.82) is 0 Å². The fraction of sp³-hybridized carbons (Fsp3) is 0.562. The summed E-state index contributed by atoms with van der Waals surface area (Å²) in [4.78, 5) is 13.4. The molecule has 1 amide bonds. The van der Waals surface area contributed by atoms with Gasteiger partial charge in [-0.25, -0.2) is 4.79 Å². The van der Waals surface area contributed by atoms with Gasteiger partial charge in [0.1, 0.15) is 18.5 Å². The monoisotopic (exact) mass is 325 g/mol. The standard InChI is InChI=1S/C16H23NO6/c1-3-20-15(21-4-2)11-22-14-8-6-5-7-13(14)17-9-12(10-18)23-16(17)19/h5-8,12,15,18H,3-4,9-11H2,1-2H3. The molecule has 1 saturated heterocycles. The van der Waals surface area contributed by atoms with Crippen LogP contribution >= 0.6 is 0 Å². The minimum Gasteiger partial charge on any atom is -0.486 e. The number of carbonyl (C=O) groups excluding carboxylic acids is 1. The first kappa shape index (κ1) is 17.5. The molecule has 128 valence electrons. The number of aliphatic hydroxyl groups excluding tert-OH is 1. The van der Waals surface area contributed by atoms with Crippen molar-refractivity contribution in [3.8, 4) is 5.75 Å². The van der Waals surface area contributed by atoms with Crippen LogP contribution in [0.3, 0.4) is 0 Å². The summed E-state index contributed by atoms with van der Waals surface area (Å²) in [6.45, 7) is 5.10. The Balaban J connectivity index is 2.07. The van der Waals surface area contributed by atoms with E-state index in [-0.39, 0.29) is 19.8 Å². The zero-order valence-corrected chi connectivity index (χ0v) is 13.4. The van der Waals surface area contributed by atoms with E-state index in [0.29, 0.717) is 24.7 Å². The molecule has 1 N–H and O–H groups in total. The molecule has 7 nitrogen and oxygen atoms in total. The Bertz CT molecular complexity index is 503. The lowest BCUT2D eigenvalue weighted by molar-refractivity contribution is -0.152. The SMILES string of the molecule is CCOC(COc1ccccc1N1CC(CO)OC1=O)OCC. The van der Waals surface area contributed by atoms with E-state index in [4.69, 9.17) is 24.1 Å². The van der Waals surface area contributed by atoms with Gasteiger partial charge in [-0.3, -0.25) is 4.90 Å². The van der Waals surface area contributed by atoms with Crippen molar-refractivity contribution in [3.63, 3.8) is 0 Å². The predicted octanol–water partition coefficient (Wildman–Crippen LogP) is 1.78. The van der Waals surface area contributed by atoms with Gasteiger partial charge in [0, 0.05) is 13.2 Å². The van der Waals surface area contributed by atoms with E-state index >= 15 is 0 Å². The second-order valence-electron chi connectivity index (χ2n) is 4.92. The zero-order chi connectivity index (χ0) is 16.7. The molecule has 1 atom stereocenters. The molecule has 1 aromatic carbocycles. The molecule has 1 aromatic rings. The van der Waals surface area contributed by atoms with Crippen molar-refractivity contribution in [2.24, 2.45) is 0 Å². The highest BCUT2D eigenvalue weighted by atomic mass is 16.7. The number of carbonyl (C=O) groups is 1. The molecule has 1 heterocycles. The number of nitrogens with zero attached hydrogens (tertiary/aromatic N) is 1. The van der Waals surface area contributed by atoms with Gasteiger partial charge in [-0.15, -0.1) is 0 Å². The van der Waals surface area contributed by atoms with Gasteiger partial charge in [0.2, 0.25) is 0 Å². The minimum atomic E-state index is -0.518. The molecule has 2 rings (SSSR count). The summed E-state index contributed by atoms with van der Waals surface area (Å²) in [5.41, 5.74) is 0.597. The second-order valence-corrected chi connectivity index (χ2v) is 4.92. The molecular weight excluding hydrogens is 302 g/mol. The molecule has 1 unspecified atom stereocenters. The number of rotatable bonds is 9. The minimum absolute atomic E-state index is 0.206. The van der Waals surface area contributed by atoms with Crippen LogP contribution in [-0.4, -0.2) is 56.6 Å². The molecular formula is C16H23NO6. The van der Waals surface area contributed by atoms with Gasteiger partial charge in [-0.05, 0) is 26.0 Å². The van der Waals surface area contributed by atoms with Crippen LogP contribution in [0.5, 0.6) is 5.75 Å². The van der Waals surface area contributed by atoms with Crippen LogP contribution in [0.2, 0.25) is 0 Å². The van der Waals surface area contributed by atoms with E-state index in [0.717, 1.165) is 0 Å². The highest BCUT2D eigenvalue weighted by molar-refractivity contribution is 5.91. The number of aliphatic hydroxyl groups is 1. The van der Waals surface area contributed by atoms with Crippen molar-refractivity contribution < 1.29 is 28.8 Å². The number of anilines is 1. The summed E-state index contributed by atoms with van der Waals surface area (Å²) in [6.07, 6.45) is -1.48. The van der Waals surface area contributed by atoms with Crippen LogP contribution in [-0.2, 0) is 14.2 Å². The first-order valence-electron chi connectivity index (χ1n) is 7.73. The van der Waals surface area contributed by atoms with Crippen LogP contribution in [0.1, 0.15) is 13.8 Å². The van der Waals surface area contributed by atoms with E-state index in [1.165, 1.54) is 4.90 Å². The number of hydrogen-bond acceptors (Lipinski definition) is 6. The van der Waals surface area contributed by atoms with E-state index < -0.39 is 18.5 Å². The maximum atomic E-state index is 11.9. The van der Waals surface area contributed by atoms with E-state index in [1.54, 1.807) is 12.1 Å². The first-order valence-corrected chi connectivity index (χ1v) is 7.73. The van der Waals surface area contributed by atoms with Crippen molar-refractivity contribution in [3.05, 3.63) is 24.3 Å². The van der Waals surface area contributed by atoms with Crippen LogP contribution in [0.4, 0.5) is 10.5 Å². The number of cyclic esters (lactones) is 1. The second kappa shape index (κ2) is 8.71. The van der Waals surface area contributed by atoms with E-state index in [9.17, 15) is 4.79 Å². The molecule has 23 heavy (non-hydrogen) atoms. The number of amides is 1. The third-order valence-corrected chi connectivity index (χ3v) is 3.31. The molecule has 7 heteroatoms. The van der Waals surface area contributed by atoms with Crippen LogP contribution in [0.15, 0.2) is 24.3 Å². The molecule has 0 aliphatic carbocycles. The molecule has 1 aliphatic rings. The summed E-state index contributed by atoms with van der Waals surface area (Å²) in [7, 11) is 0. The molecule has 0 bridgehead atoms. The Morgan fingerprint density at radius 3 is 2.61 bits per heavy atom. The first-order chi connectivity index (χ1) is 11.2. The van der Waals surface area contributed by atoms with Crippen LogP contribution in [0, 0.1) is 0 Å². The smallest absolute Gasteiger partial charge is 0.414 e. The number of benzene rings is 1. The molecule has 1 fully saturated rings. The predicted molar refractivity (Wildman–Crippen MR) is 83.7 cm³/mol. The lowest BCUT2D eigenvalue weighted by Gasteiger charge is -2.21. The van der Waals surface area contributed by atoms with Gasteiger partial charge in [0.05, 0.1) is 18.8 Å². The quantitative estimate of drug-likeness (QED) is 0.697. The summed E-state index contributed by atoms with van der Waals surface area (Å²) in [6, 6.07) is 7.17. The topological polar surface area (TPSA) is 77.5 Å². The highest BCUT2D eigenvalue weighted by Gasteiger charge is 2.33. The van der Waals surface area contributed by atoms with Gasteiger partial charge in [0.15, 0.2) is 6.29 Å². The van der Waals surface area contributed by atoms with Crippen molar-refractivity contribution in [2.45, 2.75) is 26.2 Å². The summed E-state index contributed by atoms with van der Waals surface area (Å²) in [5, 5.41) is 9.14. The lowest BCUT2D eigenvalue weighted by Crippen LogP contribution is -2.28. The third-order valence-electron chi connectivity index (χ3n) is 3.31. The van der Waals surface area contributed by atoms with Gasteiger partial charge in [-0.2, -0.15) is 0 Å². The normalized spacial score (nSPS) is 17.7. The third kappa shape index (κ3) is 4.57. The maximum Gasteiger partial charge on any atom is 0.414 e. The summed E-state index contributed by atoms with van der Waals surface area (Å²) >= 11 is 0. The lowest BCUT2D eigenvalue weighted by atomic mass is 10.2. The van der Waals surface area contributed by atoms with Crippen LogP contribution in [0.25, 0.3) is 0 Å². The van der Waals surface area contributed by atoms with Crippen molar-refractivity contribution in [2.75, 3.05) is 37.9 Å². The van der Waals surface area contributed by atoms with Crippen LogP contribution < -0.4 is 9.64 Å². The Morgan fingerprint density at radius 2 is 2.00 bits per heavy atom. The molecule has 0 radical (unpaired) electrons. The number of hydrogen-bond donors (Lipinski definition) is 1. The fourth-order valence-electron chi connectivity index (χ4n) is 2.29. The zero-order valence-electron chi connectivity index (χ0n) is 13.4. The summed E-state index contributed by atoms with van der Waals surface area (Å²) < 4.78 is 21.7. The molecule has 0 spiro atoms. The Morgan fingerprint density at radius 1 is 1.30 bits per heavy atom. The Kier molecular flexibility index (Phi) is 6.64. The molecule has 0 aromatic heterocycles. The Labute approximate surface area is 135 Å². The molecule has 0 saturated carbocycles. The van der Waals surface area contributed by atoms with Gasteiger partial charge in [-0.1, -0.05) is 12.1 Å². The highest BCUT2D eigenvalue weighted by Crippen LogP contribution is 2.31. The van der Waals surface area contributed by atoms with Gasteiger partial charge in [0.25, 0.3) is 0 Å². The van der Waals surface area contributed by atoms with Crippen molar-refractivity contribution >= 4 is 11.8 Å². The summed E-state index contributed by atoms with van der Waals surface area (Å²) in [5.74, 6) is 0.535. The number of ether oxygens (including phenoxy) is 4. The average molecular weight is 325 g/mol. The van der Waals surface area contributed by atoms with E-state index in [1.807, 2.05) is 26.0 Å².